The number of piperazine rings is 1. The summed E-state index contributed by atoms with van der Waals surface area (Å²) in [5, 5.41) is 0.804. The predicted molar refractivity (Wildman–Crippen MR) is 98.3 cm³/mol. The van der Waals surface area contributed by atoms with Crippen LogP contribution in [-0.2, 0) is 16.1 Å². The Balaban J connectivity index is 1.47. The predicted octanol–water partition coefficient (Wildman–Crippen LogP) is 2.24. The van der Waals surface area contributed by atoms with E-state index in [1.165, 1.54) is 0 Å². The lowest BCUT2D eigenvalue weighted by molar-refractivity contribution is -0.141. The van der Waals surface area contributed by atoms with Crippen molar-refractivity contribution in [3.8, 4) is 0 Å². The van der Waals surface area contributed by atoms with Crippen molar-refractivity contribution in [3.63, 3.8) is 0 Å². The van der Waals surface area contributed by atoms with Gasteiger partial charge in [0.25, 0.3) is 0 Å². The van der Waals surface area contributed by atoms with Gasteiger partial charge in [-0.2, -0.15) is 0 Å². The van der Waals surface area contributed by atoms with Crippen molar-refractivity contribution < 1.29 is 9.59 Å². The molecular weight excluding hydrogens is 338 g/mol. The quantitative estimate of drug-likeness (QED) is 0.827. The molecule has 25 heavy (non-hydrogen) atoms. The number of benzene rings is 1. The normalized spacial score (nSPS) is 19.9. The van der Waals surface area contributed by atoms with Gasteiger partial charge in [0.2, 0.25) is 11.8 Å². The Kier molecular flexibility index (Phi) is 5.97. The number of rotatable bonds is 3. The molecule has 0 bridgehead atoms. The van der Waals surface area contributed by atoms with E-state index in [0.29, 0.717) is 13.1 Å². The van der Waals surface area contributed by atoms with Gasteiger partial charge in [0, 0.05) is 63.7 Å². The van der Waals surface area contributed by atoms with Crippen LogP contribution in [0.2, 0.25) is 5.02 Å². The fourth-order valence-corrected chi connectivity index (χ4v) is 3.89. The summed E-state index contributed by atoms with van der Waals surface area (Å²) in [4.78, 5) is 30.3. The number of nitrogens with zero attached hydrogens (tertiary/aromatic N) is 3. The molecule has 0 radical (unpaired) electrons. The molecular formula is C19H26ClN3O2. The molecule has 2 heterocycles. The Hall–Kier alpha value is -1.59. The van der Waals surface area contributed by atoms with Crippen molar-refractivity contribution in [3.05, 3.63) is 34.9 Å². The van der Waals surface area contributed by atoms with E-state index in [9.17, 15) is 9.59 Å². The molecule has 2 aliphatic heterocycles. The van der Waals surface area contributed by atoms with Crippen LogP contribution in [0, 0.1) is 5.92 Å². The fraction of sp³-hybridized carbons (Fsp3) is 0.579. The number of hydrogen-bond acceptors (Lipinski definition) is 3. The van der Waals surface area contributed by atoms with E-state index in [2.05, 4.69) is 11.0 Å². The number of carbonyl (C=O) groups excluding carboxylic acids is 2. The molecule has 1 aromatic rings. The lowest BCUT2D eigenvalue weighted by Crippen LogP contribution is -2.51. The highest BCUT2D eigenvalue weighted by Crippen LogP contribution is 2.22. The molecule has 0 saturated carbocycles. The van der Waals surface area contributed by atoms with Crippen molar-refractivity contribution in [1.82, 2.24) is 14.7 Å². The number of piperidine rings is 1. The van der Waals surface area contributed by atoms with Crippen LogP contribution in [0.15, 0.2) is 24.3 Å². The van der Waals surface area contributed by atoms with Gasteiger partial charge in [-0.25, -0.2) is 0 Å². The third-order valence-corrected chi connectivity index (χ3v) is 5.69. The van der Waals surface area contributed by atoms with Crippen LogP contribution < -0.4 is 0 Å². The molecule has 0 aliphatic carbocycles. The van der Waals surface area contributed by atoms with Crippen molar-refractivity contribution in [2.45, 2.75) is 26.3 Å². The lowest BCUT2D eigenvalue weighted by atomic mass is 9.95. The zero-order valence-corrected chi connectivity index (χ0v) is 15.5. The number of hydrogen-bond donors (Lipinski definition) is 0. The molecule has 0 aromatic heterocycles. The molecule has 2 amide bonds. The molecule has 1 aromatic carbocycles. The molecule has 0 N–H and O–H groups in total. The Labute approximate surface area is 154 Å². The van der Waals surface area contributed by atoms with E-state index in [-0.39, 0.29) is 17.7 Å². The van der Waals surface area contributed by atoms with Crippen LogP contribution in [0.1, 0.15) is 25.3 Å². The van der Waals surface area contributed by atoms with Gasteiger partial charge in [0.05, 0.1) is 0 Å². The van der Waals surface area contributed by atoms with E-state index < -0.39 is 0 Å². The maximum absolute atomic E-state index is 12.7. The van der Waals surface area contributed by atoms with Crippen LogP contribution in [0.25, 0.3) is 0 Å². The molecule has 3 rings (SSSR count). The van der Waals surface area contributed by atoms with Crippen LogP contribution >= 0.6 is 11.6 Å². The second-order valence-electron chi connectivity index (χ2n) is 6.97. The molecule has 0 atom stereocenters. The van der Waals surface area contributed by atoms with E-state index in [1.54, 1.807) is 6.92 Å². The van der Waals surface area contributed by atoms with Gasteiger partial charge in [-0.05, 0) is 24.5 Å². The summed E-state index contributed by atoms with van der Waals surface area (Å²) in [5.74, 6) is 0.449. The molecule has 2 aliphatic rings. The van der Waals surface area contributed by atoms with E-state index in [0.717, 1.165) is 56.2 Å². The Morgan fingerprint density at radius 1 is 1.00 bits per heavy atom. The van der Waals surface area contributed by atoms with Crippen molar-refractivity contribution in [2.24, 2.45) is 5.92 Å². The van der Waals surface area contributed by atoms with Gasteiger partial charge in [0.15, 0.2) is 0 Å². The third kappa shape index (κ3) is 4.53. The van der Waals surface area contributed by atoms with Crippen molar-refractivity contribution in [1.29, 1.82) is 0 Å². The van der Waals surface area contributed by atoms with Crippen LogP contribution in [0.5, 0.6) is 0 Å². The lowest BCUT2D eigenvalue weighted by Gasteiger charge is -2.38. The SMILES string of the molecule is CC(=O)N1CCC(C(=O)N2CCN(Cc3ccccc3Cl)CC2)CC1. The minimum Gasteiger partial charge on any atom is -0.343 e. The molecule has 2 fully saturated rings. The summed E-state index contributed by atoms with van der Waals surface area (Å²) in [6.07, 6.45) is 1.58. The van der Waals surface area contributed by atoms with Gasteiger partial charge < -0.3 is 9.80 Å². The summed E-state index contributed by atoms with van der Waals surface area (Å²) in [7, 11) is 0. The first-order valence-electron chi connectivity index (χ1n) is 9.04. The highest BCUT2D eigenvalue weighted by molar-refractivity contribution is 6.31. The van der Waals surface area contributed by atoms with E-state index in [4.69, 9.17) is 11.6 Å². The fourth-order valence-electron chi connectivity index (χ4n) is 3.69. The Morgan fingerprint density at radius 2 is 1.64 bits per heavy atom. The minimum absolute atomic E-state index is 0.0747. The summed E-state index contributed by atoms with van der Waals surface area (Å²) in [6, 6.07) is 7.93. The zero-order valence-electron chi connectivity index (χ0n) is 14.8. The molecule has 136 valence electrons. The average Bonchev–Trinajstić information content (AvgIpc) is 2.64. The van der Waals surface area contributed by atoms with Gasteiger partial charge in [-0.1, -0.05) is 29.8 Å². The Morgan fingerprint density at radius 3 is 2.24 bits per heavy atom. The van der Waals surface area contributed by atoms with Gasteiger partial charge >= 0.3 is 0 Å². The molecule has 6 heteroatoms. The van der Waals surface area contributed by atoms with Gasteiger partial charge in [-0.15, -0.1) is 0 Å². The largest absolute Gasteiger partial charge is 0.343 e. The van der Waals surface area contributed by atoms with Crippen LogP contribution in [0.4, 0.5) is 0 Å². The van der Waals surface area contributed by atoms with Gasteiger partial charge in [0.1, 0.15) is 0 Å². The standard InChI is InChI=1S/C19H26ClN3O2/c1-15(24)22-8-6-16(7-9-22)19(25)23-12-10-21(11-13-23)14-17-4-2-3-5-18(17)20/h2-5,16H,6-14H2,1H3. The van der Waals surface area contributed by atoms with Crippen molar-refractivity contribution in [2.75, 3.05) is 39.3 Å². The molecule has 5 nitrogen and oxygen atoms in total. The first-order chi connectivity index (χ1) is 12.0. The molecule has 2 saturated heterocycles. The highest BCUT2D eigenvalue weighted by Gasteiger charge is 2.31. The summed E-state index contributed by atoms with van der Waals surface area (Å²) < 4.78 is 0. The first kappa shape index (κ1) is 18.2. The number of halogens is 1. The number of amides is 2. The topological polar surface area (TPSA) is 43.9 Å². The summed E-state index contributed by atoms with van der Waals surface area (Å²) in [5.41, 5.74) is 1.14. The summed E-state index contributed by atoms with van der Waals surface area (Å²) in [6.45, 7) is 7.15. The van der Waals surface area contributed by atoms with Crippen molar-refractivity contribution >= 4 is 23.4 Å². The van der Waals surface area contributed by atoms with Gasteiger partial charge in [-0.3, -0.25) is 14.5 Å². The second-order valence-corrected chi connectivity index (χ2v) is 7.38. The zero-order chi connectivity index (χ0) is 17.8. The second kappa shape index (κ2) is 8.19. The van der Waals surface area contributed by atoms with Crippen LogP contribution in [0.3, 0.4) is 0 Å². The average molecular weight is 364 g/mol. The minimum atomic E-state index is 0.0747. The van der Waals surface area contributed by atoms with E-state index >= 15 is 0 Å². The smallest absolute Gasteiger partial charge is 0.225 e. The summed E-state index contributed by atoms with van der Waals surface area (Å²) >= 11 is 6.24. The maximum atomic E-state index is 12.7. The Bertz CT molecular complexity index is 621. The first-order valence-corrected chi connectivity index (χ1v) is 9.42. The third-order valence-electron chi connectivity index (χ3n) is 5.33. The highest BCUT2D eigenvalue weighted by atomic mass is 35.5. The molecule has 0 unspecified atom stereocenters. The van der Waals surface area contributed by atoms with E-state index in [1.807, 2.05) is 28.0 Å². The number of likely N-dealkylation sites (tertiary alicyclic amines) is 1. The maximum Gasteiger partial charge on any atom is 0.225 e. The number of carbonyl (C=O) groups is 2. The van der Waals surface area contributed by atoms with Crippen LogP contribution in [-0.4, -0.2) is 65.8 Å². The molecule has 0 spiro atoms. The monoisotopic (exact) mass is 363 g/mol.